The molecule has 3 heterocycles. The van der Waals surface area contributed by atoms with Gasteiger partial charge in [-0.05, 0) is 17.7 Å². The fourth-order valence-electron chi connectivity index (χ4n) is 2.88. The molecule has 11 heteroatoms. The number of aromatic nitrogens is 4. The van der Waals surface area contributed by atoms with E-state index in [1.807, 2.05) is 0 Å². The molecule has 0 spiro atoms. The van der Waals surface area contributed by atoms with Crippen LogP contribution in [0.4, 0.5) is 11.8 Å². The van der Waals surface area contributed by atoms with Crippen LogP contribution in [0.15, 0.2) is 28.7 Å². The average molecular weight is 381 g/mol. The van der Waals surface area contributed by atoms with Gasteiger partial charge in [-0.1, -0.05) is 6.07 Å². The Morgan fingerprint density at radius 2 is 2.00 bits per heavy atom. The average Bonchev–Trinajstić information content (AvgIpc) is 3.16. The summed E-state index contributed by atoms with van der Waals surface area (Å²) in [5.74, 6) is -1.51. The minimum absolute atomic E-state index is 0.00189. The largest absolute Gasteiger partial charge is 0.477 e. The predicted octanol–water partition coefficient (Wildman–Crippen LogP) is 0.972. The van der Waals surface area contributed by atoms with Crippen LogP contribution in [0.25, 0.3) is 16.7 Å². The number of anilines is 2. The zero-order valence-electron chi connectivity index (χ0n) is 14.6. The van der Waals surface area contributed by atoms with Crippen LogP contribution in [-0.2, 0) is 6.54 Å². The Morgan fingerprint density at radius 3 is 2.75 bits per heavy atom. The van der Waals surface area contributed by atoms with E-state index >= 15 is 0 Å². The monoisotopic (exact) mass is 381 g/mol. The van der Waals surface area contributed by atoms with Crippen molar-refractivity contribution in [3.63, 3.8) is 0 Å². The smallest absolute Gasteiger partial charge is 0.353 e. The van der Waals surface area contributed by atoms with E-state index in [-0.39, 0.29) is 35.3 Å². The van der Waals surface area contributed by atoms with Crippen LogP contribution in [-0.4, -0.2) is 36.3 Å². The van der Waals surface area contributed by atoms with Crippen molar-refractivity contribution in [1.29, 1.82) is 0 Å². The van der Waals surface area contributed by atoms with E-state index in [0.717, 1.165) is 16.0 Å². The van der Waals surface area contributed by atoms with Gasteiger partial charge in [-0.2, -0.15) is 4.98 Å². The molecule has 11 nitrogen and oxygen atoms in total. The van der Waals surface area contributed by atoms with Gasteiger partial charge in [-0.25, -0.2) is 14.8 Å². The highest BCUT2D eigenvalue weighted by Crippen LogP contribution is 2.19. The second-order valence-corrected chi connectivity index (χ2v) is 6.06. The van der Waals surface area contributed by atoms with Crippen molar-refractivity contribution < 1.29 is 19.1 Å². The maximum Gasteiger partial charge on any atom is 0.353 e. The molecule has 0 aliphatic heterocycles. The van der Waals surface area contributed by atoms with Gasteiger partial charge < -0.3 is 26.3 Å². The van der Waals surface area contributed by atoms with Crippen molar-refractivity contribution in [2.75, 3.05) is 11.5 Å². The third-order valence-corrected chi connectivity index (χ3v) is 4.11. The standard InChI is InChI=1S/C17H15N7O4/c1-7-21-9-4-8(2-3-12(9)28-7)6-20-15(25)10-5-11(16(26)27)24-14(22-10)13(18)23-17(24)19/h2-5H,6,18H2,1H3,(H2,19,23)(H,20,25)(H,26,27). The Hall–Kier alpha value is -4.15. The number of imidazole rings is 1. The maximum atomic E-state index is 12.5. The molecule has 3 aromatic heterocycles. The van der Waals surface area contributed by atoms with E-state index in [1.165, 1.54) is 0 Å². The lowest BCUT2D eigenvalue weighted by Crippen LogP contribution is -2.25. The molecule has 0 bridgehead atoms. The van der Waals surface area contributed by atoms with Crippen molar-refractivity contribution in [3.8, 4) is 0 Å². The first-order valence-corrected chi connectivity index (χ1v) is 8.15. The zero-order chi connectivity index (χ0) is 20.0. The van der Waals surface area contributed by atoms with Crippen LogP contribution in [0.2, 0.25) is 0 Å². The van der Waals surface area contributed by atoms with Crippen LogP contribution >= 0.6 is 0 Å². The first kappa shape index (κ1) is 17.3. The maximum absolute atomic E-state index is 12.5. The number of carboxylic acid groups (broad SMARTS) is 1. The number of hydrogen-bond donors (Lipinski definition) is 4. The highest BCUT2D eigenvalue weighted by molar-refractivity contribution is 5.97. The molecule has 28 heavy (non-hydrogen) atoms. The van der Waals surface area contributed by atoms with E-state index in [4.69, 9.17) is 15.9 Å². The number of hydrogen-bond acceptors (Lipinski definition) is 8. The van der Waals surface area contributed by atoms with Gasteiger partial charge in [0.25, 0.3) is 5.91 Å². The SMILES string of the molecule is Cc1nc2cc(CNC(=O)c3cc(C(=O)O)n4c(N)nc(N)c4n3)ccc2o1. The summed E-state index contributed by atoms with van der Waals surface area (Å²) >= 11 is 0. The van der Waals surface area contributed by atoms with E-state index in [2.05, 4.69) is 20.3 Å². The van der Waals surface area contributed by atoms with Gasteiger partial charge in [0, 0.05) is 19.5 Å². The van der Waals surface area contributed by atoms with Gasteiger partial charge in [0.05, 0.1) is 0 Å². The van der Waals surface area contributed by atoms with Crippen molar-refractivity contribution >= 4 is 40.4 Å². The van der Waals surface area contributed by atoms with Gasteiger partial charge in [0.1, 0.15) is 16.9 Å². The second kappa shape index (κ2) is 6.23. The minimum Gasteiger partial charge on any atom is -0.477 e. The lowest BCUT2D eigenvalue weighted by atomic mass is 10.2. The summed E-state index contributed by atoms with van der Waals surface area (Å²) in [6.45, 7) is 1.94. The zero-order valence-corrected chi connectivity index (χ0v) is 14.6. The summed E-state index contributed by atoms with van der Waals surface area (Å²) < 4.78 is 6.49. The van der Waals surface area contributed by atoms with Crippen LogP contribution in [0.5, 0.6) is 0 Å². The lowest BCUT2D eigenvalue weighted by Gasteiger charge is -2.08. The molecule has 0 unspecified atom stereocenters. The fraction of sp³-hybridized carbons (Fsp3) is 0.118. The van der Waals surface area contributed by atoms with Gasteiger partial charge >= 0.3 is 5.97 Å². The molecular formula is C17H15N7O4. The van der Waals surface area contributed by atoms with Crippen molar-refractivity contribution in [2.24, 2.45) is 0 Å². The van der Waals surface area contributed by atoms with Crippen molar-refractivity contribution in [1.82, 2.24) is 24.7 Å². The molecular weight excluding hydrogens is 366 g/mol. The van der Waals surface area contributed by atoms with Gasteiger partial charge in [-0.3, -0.25) is 9.20 Å². The number of amides is 1. The van der Waals surface area contributed by atoms with E-state index in [9.17, 15) is 14.7 Å². The number of nitrogens with one attached hydrogen (secondary N) is 1. The Kier molecular flexibility index (Phi) is 3.84. The molecule has 6 N–H and O–H groups in total. The summed E-state index contributed by atoms with van der Waals surface area (Å²) in [6.07, 6.45) is 0. The molecule has 0 saturated carbocycles. The highest BCUT2D eigenvalue weighted by Gasteiger charge is 2.20. The number of carboxylic acids is 1. The van der Waals surface area contributed by atoms with Crippen molar-refractivity contribution in [3.05, 3.63) is 47.1 Å². The summed E-state index contributed by atoms with van der Waals surface area (Å²) in [6, 6.07) is 6.47. The first-order valence-electron chi connectivity index (χ1n) is 8.15. The van der Waals surface area contributed by atoms with Gasteiger partial charge in [0.2, 0.25) is 5.95 Å². The van der Waals surface area contributed by atoms with Gasteiger partial charge in [0.15, 0.2) is 22.9 Å². The molecule has 0 aliphatic carbocycles. The second-order valence-electron chi connectivity index (χ2n) is 6.06. The van der Waals surface area contributed by atoms with Crippen LogP contribution in [0, 0.1) is 6.92 Å². The Bertz CT molecular complexity index is 1260. The summed E-state index contributed by atoms with van der Waals surface area (Å²) in [7, 11) is 0. The van der Waals surface area contributed by atoms with Crippen LogP contribution in [0.3, 0.4) is 0 Å². The number of nitrogens with zero attached hydrogens (tertiary/aromatic N) is 4. The number of rotatable bonds is 4. The number of oxazole rings is 1. The summed E-state index contributed by atoms with van der Waals surface area (Å²) in [4.78, 5) is 36.2. The molecule has 0 fully saturated rings. The number of benzene rings is 1. The Morgan fingerprint density at radius 1 is 1.21 bits per heavy atom. The molecule has 1 aromatic carbocycles. The number of carbonyl (C=O) groups is 2. The minimum atomic E-state index is -1.29. The number of fused-ring (bicyclic) bond motifs is 2. The Balaban J connectivity index is 1.62. The fourth-order valence-corrected chi connectivity index (χ4v) is 2.88. The lowest BCUT2D eigenvalue weighted by molar-refractivity contribution is 0.0688. The van der Waals surface area contributed by atoms with E-state index in [1.54, 1.807) is 25.1 Å². The van der Waals surface area contributed by atoms with Gasteiger partial charge in [-0.15, -0.1) is 0 Å². The normalized spacial score (nSPS) is 11.2. The molecule has 0 radical (unpaired) electrons. The summed E-state index contributed by atoms with van der Waals surface area (Å²) in [5, 5.41) is 12.1. The number of nitrogen functional groups attached to an aromatic ring is 2. The molecule has 1 amide bonds. The van der Waals surface area contributed by atoms with Crippen molar-refractivity contribution in [2.45, 2.75) is 13.5 Å². The molecule has 0 atom stereocenters. The molecule has 0 saturated heterocycles. The number of aromatic carboxylic acids is 1. The highest BCUT2D eigenvalue weighted by atomic mass is 16.4. The molecule has 0 aliphatic rings. The third-order valence-electron chi connectivity index (χ3n) is 4.11. The Labute approximate surface area is 157 Å². The van der Waals surface area contributed by atoms with Crippen LogP contribution in [0.1, 0.15) is 32.4 Å². The molecule has 142 valence electrons. The third kappa shape index (κ3) is 2.84. The quantitative estimate of drug-likeness (QED) is 0.401. The number of carbonyl (C=O) groups excluding carboxylic acids is 1. The number of aryl methyl sites for hydroxylation is 1. The topological polar surface area (TPSA) is 175 Å². The molecule has 4 aromatic rings. The van der Waals surface area contributed by atoms with Crippen LogP contribution < -0.4 is 16.8 Å². The van der Waals surface area contributed by atoms with E-state index < -0.39 is 11.9 Å². The first-order chi connectivity index (χ1) is 13.3. The number of nitrogens with two attached hydrogens (primary N) is 2. The molecule has 4 rings (SSSR count). The predicted molar refractivity (Wildman–Crippen MR) is 98.7 cm³/mol. The van der Waals surface area contributed by atoms with E-state index in [0.29, 0.717) is 17.0 Å². The summed E-state index contributed by atoms with van der Waals surface area (Å²) in [5.41, 5.74) is 13.1.